The molecule has 0 N–H and O–H groups in total. The zero-order valence-electron chi connectivity index (χ0n) is 12.5. The van der Waals surface area contributed by atoms with Gasteiger partial charge in [-0.2, -0.15) is 0 Å². The van der Waals surface area contributed by atoms with E-state index in [-0.39, 0.29) is 16.6 Å². The summed E-state index contributed by atoms with van der Waals surface area (Å²) >= 11 is 0. The lowest BCUT2D eigenvalue weighted by Crippen LogP contribution is -2.22. The Kier molecular flexibility index (Phi) is 3.53. The quantitative estimate of drug-likeness (QED) is 0.548. The van der Waals surface area contributed by atoms with Gasteiger partial charge in [0.05, 0.1) is 28.6 Å². The van der Waals surface area contributed by atoms with Crippen molar-refractivity contribution < 1.29 is 9.66 Å². The van der Waals surface area contributed by atoms with E-state index >= 15 is 0 Å². The Morgan fingerprint density at radius 2 is 1.87 bits per heavy atom. The lowest BCUT2D eigenvalue weighted by molar-refractivity contribution is -0.384. The van der Waals surface area contributed by atoms with Gasteiger partial charge in [-0.3, -0.25) is 19.5 Å². The van der Waals surface area contributed by atoms with Gasteiger partial charge in [-0.15, -0.1) is 0 Å². The molecule has 0 bridgehead atoms. The third kappa shape index (κ3) is 2.52. The van der Waals surface area contributed by atoms with Gasteiger partial charge in [0.1, 0.15) is 11.6 Å². The summed E-state index contributed by atoms with van der Waals surface area (Å²) in [6.45, 7) is 1.71. The summed E-state index contributed by atoms with van der Waals surface area (Å²) < 4.78 is 6.52. The predicted octanol–water partition coefficient (Wildman–Crippen LogP) is 2.61. The highest BCUT2D eigenvalue weighted by Gasteiger charge is 2.14. The second kappa shape index (κ2) is 5.53. The first-order valence-corrected chi connectivity index (χ1v) is 6.83. The average molecular weight is 311 g/mol. The van der Waals surface area contributed by atoms with Crippen LogP contribution in [0.15, 0.2) is 47.3 Å². The fourth-order valence-corrected chi connectivity index (χ4v) is 2.43. The van der Waals surface area contributed by atoms with E-state index in [0.29, 0.717) is 22.8 Å². The number of methoxy groups -OCH3 is 1. The molecule has 0 fully saturated rings. The maximum absolute atomic E-state index is 12.7. The van der Waals surface area contributed by atoms with Crippen LogP contribution in [0, 0.1) is 17.0 Å². The van der Waals surface area contributed by atoms with Crippen molar-refractivity contribution in [1.29, 1.82) is 0 Å². The van der Waals surface area contributed by atoms with Gasteiger partial charge in [0.2, 0.25) is 0 Å². The first-order valence-electron chi connectivity index (χ1n) is 6.83. The lowest BCUT2D eigenvalue weighted by Gasteiger charge is -2.11. The smallest absolute Gasteiger partial charge is 0.270 e. The van der Waals surface area contributed by atoms with Gasteiger partial charge >= 0.3 is 0 Å². The number of aryl methyl sites for hydroxylation is 1. The number of non-ortho nitro benzene ring substituents is 1. The van der Waals surface area contributed by atoms with Crippen LogP contribution in [-0.4, -0.2) is 21.6 Å². The molecule has 0 spiro atoms. The van der Waals surface area contributed by atoms with Gasteiger partial charge < -0.3 is 4.74 Å². The monoisotopic (exact) mass is 311 g/mol. The van der Waals surface area contributed by atoms with Crippen molar-refractivity contribution in [3.63, 3.8) is 0 Å². The summed E-state index contributed by atoms with van der Waals surface area (Å²) in [5.41, 5.74) is 0.569. The standard InChI is InChI=1S/C16H13N3O4/c1-10-17-15-8-5-12(19(21)22)9-14(15)16(20)18(10)11-3-6-13(23-2)7-4-11/h3-9H,1-2H3. The summed E-state index contributed by atoms with van der Waals surface area (Å²) in [4.78, 5) is 27.5. The molecule has 7 nitrogen and oxygen atoms in total. The Morgan fingerprint density at radius 3 is 2.48 bits per heavy atom. The van der Waals surface area contributed by atoms with E-state index in [1.807, 2.05) is 0 Å². The number of aromatic nitrogens is 2. The van der Waals surface area contributed by atoms with Crippen LogP contribution in [0.1, 0.15) is 5.82 Å². The Morgan fingerprint density at radius 1 is 1.17 bits per heavy atom. The van der Waals surface area contributed by atoms with E-state index in [9.17, 15) is 14.9 Å². The van der Waals surface area contributed by atoms with E-state index in [4.69, 9.17) is 4.74 Å². The summed E-state index contributed by atoms with van der Waals surface area (Å²) in [7, 11) is 1.56. The summed E-state index contributed by atoms with van der Waals surface area (Å²) in [6.07, 6.45) is 0. The Bertz CT molecular complexity index is 961. The minimum absolute atomic E-state index is 0.137. The van der Waals surface area contributed by atoms with Crippen LogP contribution in [0.2, 0.25) is 0 Å². The number of hydrogen-bond acceptors (Lipinski definition) is 5. The van der Waals surface area contributed by atoms with Crippen LogP contribution >= 0.6 is 0 Å². The number of hydrogen-bond donors (Lipinski definition) is 0. The number of nitro groups is 1. The van der Waals surface area contributed by atoms with Crippen molar-refractivity contribution in [2.45, 2.75) is 6.92 Å². The van der Waals surface area contributed by atoms with Gasteiger partial charge in [-0.05, 0) is 37.3 Å². The minimum atomic E-state index is -0.531. The van der Waals surface area contributed by atoms with Crippen LogP contribution in [0.25, 0.3) is 16.6 Å². The second-order valence-corrected chi connectivity index (χ2v) is 4.96. The van der Waals surface area contributed by atoms with E-state index in [0.717, 1.165) is 0 Å². The number of nitro benzene ring substituents is 1. The normalized spacial score (nSPS) is 10.7. The zero-order valence-corrected chi connectivity index (χ0v) is 12.5. The summed E-state index contributed by atoms with van der Waals surface area (Å²) in [6, 6.07) is 11.0. The molecule has 0 unspecified atom stereocenters. The van der Waals surface area contributed by atoms with Crippen molar-refractivity contribution >= 4 is 16.6 Å². The fraction of sp³-hybridized carbons (Fsp3) is 0.125. The van der Waals surface area contributed by atoms with Crippen LogP contribution in [0.4, 0.5) is 5.69 Å². The molecule has 0 amide bonds. The van der Waals surface area contributed by atoms with Gasteiger partial charge in [0.25, 0.3) is 11.2 Å². The number of benzene rings is 2. The van der Waals surface area contributed by atoms with Crippen molar-refractivity contribution in [3.05, 3.63) is 68.8 Å². The third-order valence-electron chi connectivity index (χ3n) is 3.56. The zero-order chi connectivity index (χ0) is 16.6. The number of nitrogens with zero attached hydrogens (tertiary/aromatic N) is 3. The maximum atomic E-state index is 12.7. The molecule has 7 heteroatoms. The topological polar surface area (TPSA) is 87.3 Å². The Balaban J connectivity index is 2.27. The predicted molar refractivity (Wildman–Crippen MR) is 85.3 cm³/mol. The molecule has 23 heavy (non-hydrogen) atoms. The molecule has 1 heterocycles. The average Bonchev–Trinajstić information content (AvgIpc) is 2.55. The molecule has 0 aliphatic heterocycles. The van der Waals surface area contributed by atoms with Gasteiger partial charge in [0, 0.05) is 12.1 Å². The largest absolute Gasteiger partial charge is 0.497 e. The number of rotatable bonds is 3. The summed E-state index contributed by atoms with van der Waals surface area (Å²) in [5, 5.41) is 11.1. The molecule has 0 aliphatic carbocycles. The highest BCUT2D eigenvalue weighted by molar-refractivity contribution is 5.80. The highest BCUT2D eigenvalue weighted by atomic mass is 16.6. The number of fused-ring (bicyclic) bond motifs is 1. The van der Waals surface area contributed by atoms with Gasteiger partial charge in [-0.1, -0.05) is 0 Å². The maximum Gasteiger partial charge on any atom is 0.270 e. The molecular formula is C16H13N3O4. The number of ether oxygens (including phenoxy) is 1. The first kappa shape index (κ1) is 14.7. The molecule has 1 aromatic heterocycles. The van der Waals surface area contributed by atoms with Crippen molar-refractivity contribution in [2.75, 3.05) is 7.11 Å². The molecule has 0 saturated heterocycles. The van der Waals surface area contributed by atoms with Crippen LogP contribution in [-0.2, 0) is 0 Å². The first-order chi connectivity index (χ1) is 11.0. The molecule has 3 aromatic rings. The van der Waals surface area contributed by atoms with Crippen LogP contribution in [0.5, 0.6) is 5.75 Å². The van der Waals surface area contributed by atoms with Gasteiger partial charge in [0.15, 0.2) is 0 Å². The molecule has 0 radical (unpaired) electrons. The molecule has 0 saturated carbocycles. The fourth-order valence-electron chi connectivity index (χ4n) is 2.43. The van der Waals surface area contributed by atoms with E-state index in [1.165, 1.54) is 22.8 Å². The molecule has 0 aliphatic rings. The molecule has 2 aromatic carbocycles. The molecule has 3 rings (SSSR count). The van der Waals surface area contributed by atoms with E-state index < -0.39 is 4.92 Å². The third-order valence-corrected chi connectivity index (χ3v) is 3.56. The Labute approximate surface area is 130 Å². The lowest BCUT2D eigenvalue weighted by atomic mass is 10.2. The SMILES string of the molecule is COc1ccc(-n2c(C)nc3ccc([N+](=O)[O-])cc3c2=O)cc1. The highest BCUT2D eigenvalue weighted by Crippen LogP contribution is 2.19. The molecule has 0 atom stereocenters. The molecular weight excluding hydrogens is 298 g/mol. The van der Waals surface area contributed by atoms with Gasteiger partial charge in [-0.25, -0.2) is 4.98 Å². The van der Waals surface area contributed by atoms with Crippen molar-refractivity contribution in [3.8, 4) is 11.4 Å². The van der Waals surface area contributed by atoms with E-state index in [1.54, 1.807) is 38.3 Å². The molecule has 116 valence electrons. The van der Waals surface area contributed by atoms with E-state index in [2.05, 4.69) is 4.98 Å². The van der Waals surface area contributed by atoms with Crippen molar-refractivity contribution in [1.82, 2.24) is 9.55 Å². The van der Waals surface area contributed by atoms with Crippen molar-refractivity contribution in [2.24, 2.45) is 0 Å². The van der Waals surface area contributed by atoms with Crippen LogP contribution < -0.4 is 10.3 Å². The second-order valence-electron chi connectivity index (χ2n) is 4.96. The van der Waals surface area contributed by atoms with Crippen LogP contribution in [0.3, 0.4) is 0 Å². The Hall–Kier alpha value is -3.22. The summed E-state index contributed by atoms with van der Waals surface area (Å²) in [5.74, 6) is 1.17. The minimum Gasteiger partial charge on any atom is -0.497 e.